The van der Waals surface area contributed by atoms with E-state index in [1.807, 2.05) is 54.6 Å². The second-order valence-electron chi connectivity index (χ2n) is 5.82. The van der Waals surface area contributed by atoms with Crippen molar-refractivity contribution in [3.05, 3.63) is 71.3 Å². The van der Waals surface area contributed by atoms with E-state index in [1.165, 1.54) is 0 Å². The van der Waals surface area contributed by atoms with E-state index in [9.17, 15) is 4.79 Å². The SMILES string of the molecule is O=C(NCCNc1nc2ccccc2s1)c1c[nH]c(=S)n1-c1ccccc1. The van der Waals surface area contributed by atoms with Gasteiger partial charge in [-0.25, -0.2) is 4.98 Å². The van der Waals surface area contributed by atoms with Crippen LogP contribution in [-0.2, 0) is 0 Å². The van der Waals surface area contributed by atoms with Gasteiger partial charge in [0.05, 0.1) is 10.2 Å². The first kappa shape index (κ1) is 17.4. The molecule has 4 aromatic rings. The molecule has 3 N–H and O–H groups in total. The number of nitrogens with zero attached hydrogens (tertiary/aromatic N) is 2. The summed E-state index contributed by atoms with van der Waals surface area (Å²) < 4.78 is 3.35. The minimum atomic E-state index is -0.183. The summed E-state index contributed by atoms with van der Waals surface area (Å²) in [5.74, 6) is -0.183. The number of aromatic amines is 1. The molecule has 0 spiro atoms. The fourth-order valence-electron chi connectivity index (χ4n) is 2.75. The first-order chi connectivity index (χ1) is 13.2. The van der Waals surface area contributed by atoms with Crippen molar-refractivity contribution in [1.82, 2.24) is 19.9 Å². The Morgan fingerprint density at radius 3 is 2.70 bits per heavy atom. The van der Waals surface area contributed by atoms with Crippen LogP contribution in [-0.4, -0.2) is 33.5 Å². The number of imidazole rings is 1. The fourth-order valence-corrected chi connectivity index (χ4v) is 3.91. The van der Waals surface area contributed by atoms with Crippen LogP contribution >= 0.6 is 23.6 Å². The zero-order valence-electron chi connectivity index (χ0n) is 14.3. The lowest BCUT2D eigenvalue weighted by molar-refractivity contribution is 0.0948. The molecule has 4 rings (SSSR count). The molecule has 0 saturated carbocycles. The molecule has 0 aliphatic carbocycles. The number of hydrogen-bond acceptors (Lipinski definition) is 5. The molecule has 0 bridgehead atoms. The van der Waals surface area contributed by atoms with Crippen LogP contribution in [0.4, 0.5) is 5.13 Å². The molecule has 2 aromatic carbocycles. The van der Waals surface area contributed by atoms with Crippen LogP contribution in [0.25, 0.3) is 15.9 Å². The Labute approximate surface area is 164 Å². The van der Waals surface area contributed by atoms with E-state index >= 15 is 0 Å². The zero-order chi connectivity index (χ0) is 18.6. The van der Waals surface area contributed by atoms with Gasteiger partial charge in [-0.2, -0.15) is 0 Å². The second-order valence-corrected chi connectivity index (χ2v) is 7.24. The lowest BCUT2D eigenvalue weighted by Gasteiger charge is -2.09. The molecular formula is C19H17N5OS2. The summed E-state index contributed by atoms with van der Waals surface area (Å²) in [7, 11) is 0. The number of thiazole rings is 1. The van der Waals surface area contributed by atoms with Gasteiger partial charge in [0.15, 0.2) is 9.90 Å². The van der Waals surface area contributed by atoms with E-state index in [4.69, 9.17) is 12.2 Å². The topological polar surface area (TPSA) is 74.7 Å². The number of carbonyl (C=O) groups is 1. The van der Waals surface area contributed by atoms with Crippen LogP contribution in [0.1, 0.15) is 10.5 Å². The molecule has 0 fully saturated rings. The third-order valence-corrected chi connectivity index (χ3v) is 5.30. The smallest absolute Gasteiger partial charge is 0.269 e. The molecule has 2 heterocycles. The van der Waals surface area contributed by atoms with E-state index in [0.717, 1.165) is 21.0 Å². The molecule has 0 unspecified atom stereocenters. The Kier molecular flexibility index (Phi) is 4.99. The quantitative estimate of drug-likeness (QED) is 0.341. The molecule has 136 valence electrons. The number of nitrogens with one attached hydrogen (secondary N) is 3. The summed E-state index contributed by atoms with van der Waals surface area (Å²) in [5, 5.41) is 7.01. The predicted molar refractivity (Wildman–Crippen MR) is 111 cm³/mol. The molecule has 0 atom stereocenters. The van der Waals surface area contributed by atoms with E-state index in [1.54, 1.807) is 22.1 Å². The fraction of sp³-hybridized carbons (Fsp3) is 0.105. The van der Waals surface area contributed by atoms with E-state index in [2.05, 4.69) is 20.6 Å². The number of carbonyl (C=O) groups excluding carboxylic acids is 1. The first-order valence-corrected chi connectivity index (χ1v) is 9.68. The van der Waals surface area contributed by atoms with Crippen LogP contribution in [0.3, 0.4) is 0 Å². The summed E-state index contributed by atoms with van der Waals surface area (Å²) in [4.78, 5) is 20.0. The number of amides is 1. The van der Waals surface area contributed by atoms with Crippen LogP contribution in [0.5, 0.6) is 0 Å². The van der Waals surface area contributed by atoms with Crippen LogP contribution in [0, 0.1) is 4.77 Å². The highest BCUT2D eigenvalue weighted by Crippen LogP contribution is 2.24. The van der Waals surface area contributed by atoms with Gasteiger partial charge in [-0.15, -0.1) is 0 Å². The number of H-pyrrole nitrogens is 1. The molecule has 1 amide bonds. The molecule has 0 saturated heterocycles. The number of anilines is 1. The van der Waals surface area contributed by atoms with Crippen molar-refractivity contribution in [2.45, 2.75) is 0 Å². The van der Waals surface area contributed by atoms with E-state index in [-0.39, 0.29) is 5.91 Å². The normalized spacial score (nSPS) is 10.8. The van der Waals surface area contributed by atoms with Crippen molar-refractivity contribution in [1.29, 1.82) is 0 Å². The lowest BCUT2D eigenvalue weighted by atomic mass is 10.3. The van der Waals surface area contributed by atoms with Crippen molar-refractivity contribution < 1.29 is 4.79 Å². The van der Waals surface area contributed by atoms with Gasteiger partial charge in [-0.1, -0.05) is 41.7 Å². The Morgan fingerprint density at radius 1 is 1.11 bits per heavy atom. The van der Waals surface area contributed by atoms with Crippen molar-refractivity contribution in [2.24, 2.45) is 0 Å². The van der Waals surface area contributed by atoms with Gasteiger partial charge in [0, 0.05) is 25.0 Å². The third kappa shape index (κ3) is 3.76. The molecule has 0 radical (unpaired) electrons. The Morgan fingerprint density at radius 2 is 1.89 bits per heavy atom. The van der Waals surface area contributed by atoms with Crippen LogP contribution in [0.15, 0.2) is 60.8 Å². The Bertz CT molecular complexity index is 1100. The summed E-state index contributed by atoms with van der Waals surface area (Å²) in [5.41, 5.74) is 2.30. The number of para-hydroxylation sites is 2. The van der Waals surface area contributed by atoms with Crippen molar-refractivity contribution >= 4 is 44.8 Å². The third-order valence-electron chi connectivity index (χ3n) is 4.00. The molecule has 2 aromatic heterocycles. The zero-order valence-corrected chi connectivity index (χ0v) is 15.9. The van der Waals surface area contributed by atoms with Gasteiger partial charge in [0.2, 0.25) is 0 Å². The molecule has 8 heteroatoms. The lowest BCUT2D eigenvalue weighted by Crippen LogP contribution is -2.30. The maximum absolute atomic E-state index is 12.6. The minimum absolute atomic E-state index is 0.183. The van der Waals surface area contributed by atoms with Crippen molar-refractivity contribution in [2.75, 3.05) is 18.4 Å². The average Bonchev–Trinajstić information content (AvgIpc) is 3.28. The Balaban J connectivity index is 1.38. The second kappa shape index (κ2) is 7.73. The number of fused-ring (bicyclic) bond motifs is 1. The summed E-state index contributed by atoms with van der Waals surface area (Å²) in [6.45, 7) is 1.06. The minimum Gasteiger partial charge on any atom is -0.360 e. The number of benzene rings is 2. The highest BCUT2D eigenvalue weighted by molar-refractivity contribution is 7.71. The molecule has 0 aliphatic rings. The summed E-state index contributed by atoms with van der Waals surface area (Å²) in [6.07, 6.45) is 1.63. The molecule has 27 heavy (non-hydrogen) atoms. The highest BCUT2D eigenvalue weighted by Gasteiger charge is 2.13. The first-order valence-electron chi connectivity index (χ1n) is 8.46. The maximum atomic E-state index is 12.6. The average molecular weight is 396 g/mol. The molecule has 0 aliphatic heterocycles. The van der Waals surface area contributed by atoms with E-state index in [0.29, 0.717) is 23.6 Å². The largest absolute Gasteiger partial charge is 0.360 e. The molecular weight excluding hydrogens is 378 g/mol. The van der Waals surface area contributed by atoms with Gasteiger partial charge in [-0.05, 0) is 36.5 Å². The highest BCUT2D eigenvalue weighted by atomic mass is 32.1. The standard InChI is InChI=1S/C19H17N5OS2/c25-17(15-12-22-19(26)24(15)13-6-2-1-3-7-13)20-10-11-21-18-23-14-8-4-5-9-16(14)27-18/h1-9,12H,10-11H2,(H,20,25)(H,21,23)(H,22,26). The van der Waals surface area contributed by atoms with Crippen LogP contribution in [0.2, 0.25) is 0 Å². The van der Waals surface area contributed by atoms with Gasteiger partial charge in [-0.3, -0.25) is 9.36 Å². The summed E-state index contributed by atoms with van der Waals surface area (Å²) in [6, 6.07) is 17.6. The Hall–Kier alpha value is -2.97. The number of aromatic nitrogens is 3. The summed E-state index contributed by atoms with van der Waals surface area (Å²) >= 11 is 6.91. The number of hydrogen-bond donors (Lipinski definition) is 3. The monoisotopic (exact) mass is 395 g/mol. The van der Waals surface area contributed by atoms with Gasteiger partial charge in [0.25, 0.3) is 5.91 Å². The van der Waals surface area contributed by atoms with Gasteiger partial charge < -0.3 is 15.6 Å². The number of rotatable bonds is 6. The van der Waals surface area contributed by atoms with Crippen molar-refractivity contribution in [3.63, 3.8) is 0 Å². The molecule has 6 nitrogen and oxygen atoms in total. The van der Waals surface area contributed by atoms with E-state index < -0.39 is 0 Å². The van der Waals surface area contributed by atoms with Gasteiger partial charge >= 0.3 is 0 Å². The van der Waals surface area contributed by atoms with Crippen molar-refractivity contribution in [3.8, 4) is 5.69 Å². The van der Waals surface area contributed by atoms with Crippen LogP contribution < -0.4 is 10.6 Å². The predicted octanol–water partition coefficient (Wildman–Crippen LogP) is 3.99. The maximum Gasteiger partial charge on any atom is 0.269 e. The van der Waals surface area contributed by atoms with Gasteiger partial charge in [0.1, 0.15) is 5.69 Å².